The van der Waals surface area contributed by atoms with Crippen LogP contribution in [-0.2, 0) is 4.79 Å². The lowest BCUT2D eigenvalue weighted by atomic mass is 9.95. The number of amides is 3. The Balaban J connectivity index is 1.27. The lowest BCUT2D eigenvalue weighted by Gasteiger charge is -2.35. The minimum atomic E-state index is -0.384. The standard InChI is InChI=1S/C23H26FN3O4/c24-19-5-3-16(4-6-19)22(29)27-10-1-2-17(14-27)21(28)25-20-7-11-26(12-8-20)23(30)18-9-13-31-15-18/h3-6,9,13,15,17,20H,1-2,7-8,10-12,14H2,(H,25,28)/t17-/m0/s1. The van der Waals surface area contributed by atoms with E-state index in [1.807, 2.05) is 0 Å². The highest BCUT2D eigenvalue weighted by Crippen LogP contribution is 2.21. The summed E-state index contributed by atoms with van der Waals surface area (Å²) in [7, 11) is 0. The summed E-state index contributed by atoms with van der Waals surface area (Å²) in [6, 6.07) is 7.15. The number of hydrogen-bond acceptors (Lipinski definition) is 4. The fraction of sp³-hybridized carbons (Fsp3) is 0.435. The third-order valence-corrected chi connectivity index (χ3v) is 6.07. The van der Waals surface area contributed by atoms with Crippen LogP contribution in [0, 0.1) is 11.7 Å². The highest BCUT2D eigenvalue weighted by Gasteiger charge is 2.31. The zero-order valence-electron chi connectivity index (χ0n) is 17.3. The Morgan fingerprint density at radius 1 is 0.903 bits per heavy atom. The normalized spacial score (nSPS) is 19.8. The van der Waals surface area contributed by atoms with Gasteiger partial charge in [0.1, 0.15) is 12.1 Å². The van der Waals surface area contributed by atoms with Crippen LogP contribution in [-0.4, -0.2) is 59.7 Å². The van der Waals surface area contributed by atoms with E-state index >= 15 is 0 Å². The number of piperidine rings is 2. The summed E-state index contributed by atoms with van der Waals surface area (Å²) >= 11 is 0. The van der Waals surface area contributed by atoms with Crippen molar-refractivity contribution in [2.45, 2.75) is 31.7 Å². The minimum Gasteiger partial charge on any atom is -0.472 e. The summed E-state index contributed by atoms with van der Waals surface area (Å²) in [5, 5.41) is 3.11. The second kappa shape index (κ2) is 9.32. The van der Waals surface area contributed by atoms with Crippen LogP contribution in [0.15, 0.2) is 47.3 Å². The molecule has 31 heavy (non-hydrogen) atoms. The summed E-state index contributed by atoms with van der Waals surface area (Å²) in [5.74, 6) is -0.922. The van der Waals surface area contributed by atoms with E-state index in [-0.39, 0.29) is 35.5 Å². The minimum absolute atomic E-state index is 0.0177. The molecule has 0 spiro atoms. The van der Waals surface area contributed by atoms with Gasteiger partial charge >= 0.3 is 0 Å². The van der Waals surface area contributed by atoms with E-state index in [1.165, 1.54) is 36.8 Å². The van der Waals surface area contributed by atoms with Crippen LogP contribution >= 0.6 is 0 Å². The van der Waals surface area contributed by atoms with Crippen LogP contribution in [0.5, 0.6) is 0 Å². The van der Waals surface area contributed by atoms with Gasteiger partial charge in [-0.05, 0) is 56.0 Å². The number of nitrogens with one attached hydrogen (secondary N) is 1. The fourth-order valence-corrected chi connectivity index (χ4v) is 4.27. The topological polar surface area (TPSA) is 82.9 Å². The van der Waals surface area contributed by atoms with Crippen LogP contribution in [0.1, 0.15) is 46.4 Å². The van der Waals surface area contributed by atoms with Crippen molar-refractivity contribution in [1.29, 1.82) is 0 Å². The van der Waals surface area contributed by atoms with Crippen molar-refractivity contribution in [3.05, 3.63) is 59.8 Å². The molecule has 0 unspecified atom stereocenters. The molecule has 2 fully saturated rings. The Morgan fingerprint density at radius 2 is 1.61 bits per heavy atom. The maximum atomic E-state index is 13.1. The second-order valence-corrected chi connectivity index (χ2v) is 8.18. The van der Waals surface area contributed by atoms with Crippen LogP contribution in [0.4, 0.5) is 4.39 Å². The van der Waals surface area contributed by atoms with Crippen LogP contribution in [0.3, 0.4) is 0 Å². The molecule has 0 radical (unpaired) electrons. The van der Waals surface area contributed by atoms with Crippen LogP contribution < -0.4 is 5.32 Å². The highest BCUT2D eigenvalue weighted by atomic mass is 19.1. The van der Waals surface area contributed by atoms with E-state index in [0.717, 1.165) is 12.8 Å². The Hall–Kier alpha value is -3.16. The number of carbonyl (C=O) groups excluding carboxylic acids is 3. The molecule has 7 nitrogen and oxygen atoms in total. The molecular formula is C23H26FN3O4. The van der Waals surface area contributed by atoms with Crippen molar-refractivity contribution >= 4 is 17.7 Å². The Labute approximate surface area is 180 Å². The third kappa shape index (κ3) is 4.95. The Bertz CT molecular complexity index is 921. The van der Waals surface area contributed by atoms with Gasteiger partial charge in [0, 0.05) is 37.8 Å². The molecular weight excluding hydrogens is 401 g/mol. The first-order chi connectivity index (χ1) is 15.0. The average molecular weight is 427 g/mol. The van der Waals surface area contributed by atoms with Gasteiger partial charge < -0.3 is 19.5 Å². The van der Waals surface area contributed by atoms with Gasteiger partial charge in [0.05, 0.1) is 17.7 Å². The average Bonchev–Trinajstić information content (AvgIpc) is 3.34. The summed E-state index contributed by atoms with van der Waals surface area (Å²) in [6.45, 7) is 2.11. The van der Waals surface area contributed by atoms with Gasteiger partial charge in [0.2, 0.25) is 5.91 Å². The van der Waals surface area contributed by atoms with Crippen molar-refractivity contribution in [2.75, 3.05) is 26.2 Å². The summed E-state index contributed by atoms with van der Waals surface area (Å²) < 4.78 is 18.1. The number of hydrogen-bond donors (Lipinski definition) is 1. The van der Waals surface area contributed by atoms with E-state index in [2.05, 4.69) is 5.32 Å². The SMILES string of the molecule is O=C(NC1CCN(C(=O)c2ccoc2)CC1)[C@H]1CCCN(C(=O)c2ccc(F)cc2)C1. The zero-order valence-corrected chi connectivity index (χ0v) is 17.3. The maximum Gasteiger partial charge on any atom is 0.257 e. The molecule has 4 rings (SSSR count). The van der Waals surface area contributed by atoms with Gasteiger partial charge in [-0.3, -0.25) is 14.4 Å². The largest absolute Gasteiger partial charge is 0.472 e. The molecule has 0 aliphatic carbocycles. The summed E-state index contributed by atoms with van der Waals surface area (Å²) in [6.07, 6.45) is 5.80. The maximum absolute atomic E-state index is 13.1. The van der Waals surface area contributed by atoms with Crippen molar-refractivity contribution in [1.82, 2.24) is 15.1 Å². The van der Waals surface area contributed by atoms with E-state index < -0.39 is 0 Å². The zero-order chi connectivity index (χ0) is 21.8. The van der Waals surface area contributed by atoms with E-state index in [1.54, 1.807) is 15.9 Å². The number of nitrogens with zero attached hydrogens (tertiary/aromatic N) is 2. The first-order valence-corrected chi connectivity index (χ1v) is 10.7. The third-order valence-electron chi connectivity index (χ3n) is 6.07. The smallest absolute Gasteiger partial charge is 0.257 e. The Kier molecular flexibility index (Phi) is 6.34. The van der Waals surface area contributed by atoms with E-state index in [0.29, 0.717) is 50.1 Å². The molecule has 2 aliphatic heterocycles. The molecule has 164 valence electrons. The number of benzene rings is 1. The monoisotopic (exact) mass is 427 g/mol. The van der Waals surface area contributed by atoms with E-state index in [4.69, 9.17) is 4.42 Å². The number of furan rings is 1. The number of likely N-dealkylation sites (tertiary alicyclic amines) is 2. The molecule has 1 N–H and O–H groups in total. The molecule has 2 saturated heterocycles. The number of rotatable bonds is 4. The highest BCUT2D eigenvalue weighted by molar-refractivity contribution is 5.95. The number of halogens is 1. The molecule has 3 amide bonds. The molecule has 0 saturated carbocycles. The van der Waals surface area contributed by atoms with Gasteiger partial charge in [0.25, 0.3) is 11.8 Å². The van der Waals surface area contributed by atoms with Gasteiger partial charge in [-0.15, -0.1) is 0 Å². The van der Waals surface area contributed by atoms with Crippen LogP contribution in [0.25, 0.3) is 0 Å². The molecule has 8 heteroatoms. The summed E-state index contributed by atoms with van der Waals surface area (Å²) in [5.41, 5.74) is 0.965. The van der Waals surface area contributed by atoms with Gasteiger partial charge in [-0.2, -0.15) is 0 Å². The Morgan fingerprint density at radius 3 is 2.29 bits per heavy atom. The predicted molar refractivity (Wildman–Crippen MR) is 111 cm³/mol. The quantitative estimate of drug-likeness (QED) is 0.813. The first-order valence-electron chi connectivity index (χ1n) is 10.7. The van der Waals surface area contributed by atoms with Gasteiger partial charge in [-0.25, -0.2) is 4.39 Å². The first kappa shape index (κ1) is 21.1. The van der Waals surface area contributed by atoms with Crippen molar-refractivity contribution < 1.29 is 23.2 Å². The molecule has 1 aromatic carbocycles. The fourth-order valence-electron chi connectivity index (χ4n) is 4.27. The lowest BCUT2D eigenvalue weighted by Crippen LogP contribution is -2.50. The molecule has 1 atom stereocenters. The van der Waals surface area contributed by atoms with Crippen LogP contribution in [0.2, 0.25) is 0 Å². The molecule has 2 aliphatic rings. The van der Waals surface area contributed by atoms with Crippen molar-refractivity contribution in [3.63, 3.8) is 0 Å². The van der Waals surface area contributed by atoms with Crippen molar-refractivity contribution in [3.8, 4) is 0 Å². The molecule has 2 aromatic rings. The summed E-state index contributed by atoms with van der Waals surface area (Å²) in [4.78, 5) is 41.4. The van der Waals surface area contributed by atoms with E-state index in [9.17, 15) is 18.8 Å². The lowest BCUT2D eigenvalue weighted by molar-refractivity contribution is -0.127. The molecule has 1 aromatic heterocycles. The van der Waals surface area contributed by atoms with Gasteiger partial charge in [0.15, 0.2) is 0 Å². The van der Waals surface area contributed by atoms with Gasteiger partial charge in [-0.1, -0.05) is 0 Å². The van der Waals surface area contributed by atoms with Crippen molar-refractivity contribution in [2.24, 2.45) is 5.92 Å². The predicted octanol–water partition coefficient (Wildman–Crippen LogP) is 2.69. The molecule has 3 heterocycles. The second-order valence-electron chi connectivity index (χ2n) is 8.18. The molecule has 0 bridgehead atoms. The number of carbonyl (C=O) groups is 3.